The van der Waals surface area contributed by atoms with Gasteiger partial charge in [0.2, 0.25) is 0 Å². The highest BCUT2D eigenvalue weighted by Gasteiger charge is 2.21. The third-order valence-electron chi connectivity index (χ3n) is 2.34. The van der Waals surface area contributed by atoms with Crippen molar-refractivity contribution in [3.8, 4) is 0 Å². The van der Waals surface area contributed by atoms with Crippen LogP contribution in [0, 0.1) is 0 Å². The van der Waals surface area contributed by atoms with E-state index in [2.05, 4.69) is 4.74 Å². The van der Waals surface area contributed by atoms with Crippen LogP contribution in [0.2, 0.25) is 10.0 Å². The van der Waals surface area contributed by atoms with Crippen LogP contribution in [0.4, 0.5) is 0 Å². The van der Waals surface area contributed by atoms with Crippen LogP contribution in [0.5, 0.6) is 0 Å². The SMILES string of the molecule is CCOC(=O)C(=O)/C(C)=C(\O)c1ccc(Cl)cc1Cl. The quantitative estimate of drug-likeness (QED) is 0.401. The van der Waals surface area contributed by atoms with E-state index in [9.17, 15) is 14.7 Å². The number of carbonyl (C=O) groups is 2. The molecule has 0 aromatic heterocycles. The van der Waals surface area contributed by atoms with Gasteiger partial charge in [-0.05, 0) is 32.0 Å². The molecular formula is C13H12Cl2O4. The van der Waals surface area contributed by atoms with Crippen molar-refractivity contribution in [2.75, 3.05) is 6.61 Å². The summed E-state index contributed by atoms with van der Waals surface area (Å²) in [5.74, 6) is -2.30. The van der Waals surface area contributed by atoms with Crippen LogP contribution >= 0.6 is 23.2 Å². The minimum atomic E-state index is -1.02. The maximum absolute atomic E-state index is 11.7. The first-order chi connectivity index (χ1) is 8.88. The third-order valence-corrected chi connectivity index (χ3v) is 2.89. The number of aliphatic hydroxyl groups is 1. The Kier molecular flexibility index (Phi) is 5.39. The molecule has 0 unspecified atom stereocenters. The lowest BCUT2D eigenvalue weighted by Crippen LogP contribution is -2.19. The van der Waals surface area contributed by atoms with Crippen LogP contribution in [-0.2, 0) is 14.3 Å². The van der Waals surface area contributed by atoms with Gasteiger partial charge in [-0.15, -0.1) is 0 Å². The van der Waals surface area contributed by atoms with Crippen LogP contribution in [0.15, 0.2) is 23.8 Å². The number of Topliss-reactive ketones (excluding diaryl/α,β-unsaturated/α-hetero) is 1. The lowest BCUT2D eigenvalue weighted by molar-refractivity contribution is -0.151. The highest BCUT2D eigenvalue weighted by atomic mass is 35.5. The summed E-state index contributed by atoms with van der Waals surface area (Å²) >= 11 is 11.6. The van der Waals surface area contributed by atoms with E-state index in [0.717, 1.165) is 0 Å². The van der Waals surface area contributed by atoms with Crippen LogP contribution in [0.25, 0.3) is 5.76 Å². The predicted octanol–water partition coefficient (Wildman–Crippen LogP) is 3.41. The number of hydrogen-bond acceptors (Lipinski definition) is 4. The average Bonchev–Trinajstić information content (AvgIpc) is 2.36. The molecule has 1 aromatic carbocycles. The van der Waals surface area contributed by atoms with Gasteiger partial charge in [-0.25, -0.2) is 4.79 Å². The zero-order valence-corrected chi connectivity index (χ0v) is 11.9. The molecule has 0 amide bonds. The monoisotopic (exact) mass is 302 g/mol. The molecule has 19 heavy (non-hydrogen) atoms. The summed E-state index contributed by atoms with van der Waals surface area (Å²) in [4.78, 5) is 23.0. The summed E-state index contributed by atoms with van der Waals surface area (Å²) in [6.07, 6.45) is 0. The summed E-state index contributed by atoms with van der Waals surface area (Å²) in [6, 6.07) is 4.40. The second kappa shape index (κ2) is 6.59. The molecule has 0 aliphatic carbocycles. The van der Waals surface area contributed by atoms with Crippen molar-refractivity contribution in [2.24, 2.45) is 0 Å². The standard InChI is InChI=1S/C13H12Cl2O4/c1-3-19-13(18)12(17)7(2)11(16)9-5-4-8(14)6-10(9)15/h4-6,16H,3H2,1-2H3/b11-7-. The van der Waals surface area contributed by atoms with Gasteiger partial charge < -0.3 is 9.84 Å². The Morgan fingerprint density at radius 1 is 1.32 bits per heavy atom. The Morgan fingerprint density at radius 3 is 2.47 bits per heavy atom. The van der Waals surface area contributed by atoms with Crippen LogP contribution in [0.3, 0.4) is 0 Å². The molecule has 0 aliphatic rings. The van der Waals surface area contributed by atoms with E-state index in [1.807, 2.05) is 0 Å². The van der Waals surface area contributed by atoms with Crippen molar-refractivity contribution < 1.29 is 19.4 Å². The molecule has 0 spiro atoms. The minimum Gasteiger partial charge on any atom is -0.507 e. The number of ketones is 1. The Bertz CT molecular complexity index is 550. The first-order valence-electron chi connectivity index (χ1n) is 5.45. The number of rotatable bonds is 4. The fraction of sp³-hybridized carbons (Fsp3) is 0.231. The molecule has 0 radical (unpaired) electrons. The Hall–Kier alpha value is -1.52. The zero-order valence-electron chi connectivity index (χ0n) is 10.4. The smallest absolute Gasteiger partial charge is 0.379 e. The summed E-state index contributed by atoms with van der Waals surface area (Å²) < 4.78 is 4.57. The Balaban J connectivity index is 3.14. The van der Waals surface area contributed by atoms with Crippen LogP contribution in [0.1, 0.15) is 19.4 Å². The number of carbonyl (C=O) groups excluding carboxylic acids is 2. The summed E-state index contributed by atoms with van der Waals surface area (Å²) in [5.41, 5.74) is 0.0869. The Labute approximate surface area is 120 Å². The number of hydrogen-bond donors (Lipinski definition) is 1. The van der Waals surface area contributed by atoms with Gasteiger partial charge in [0.05, 0.1) is 11.6 Å². The summed E-state index contributed by atoms with van der Waals surface area (Å²) in [6.45, 7) is 2.99. The van der Waals surface area contributed by atoms with Crippen molar-refractivity contribution in [1.82, 2.24) is 0 Å². The topological polar surface area (TPSA) is 63.6 Å². The van der Waals surface area contributed by atoms with Gasteiger partial charge in [0, 0.05) is 16.2 Å². The molecular weight excluding hydrogens is 291 g/mol. The van der Waals surface area contributed by atoms with E-state index in [4.69, 9.17) is 23.2 Å². The Morgan fingerprint density at radius 2 is 1.95 bits per heavy atom. The molecule has 1 N–H and O–H groups in total. The number of benzene rings is 1. The van der Waals surface area contributed by atoms with E-state index >= 15 is 0 Å². The highest BCUT2D eigenvalue weighted by molar-refractivity contribution is 6.42. The van der Waals surface area contributed by atoms with Gasteiger partial charge in [-0.3, -0.25) is 4.79 Å². The van der Waals surface area contributed by atoms with Crippen molar-refractivity contribution in [2.45, 2.75) is 13.8 Å². The molecule has 0 heterocycles. The van der Waals surface area contributed by atoms with Crippen LogP contribution in [-0.4, -0.2) is 23.5 Å². The minimum absolute atomic E-state index is 0.0836. The van der Waals surface area contributed by atoms with E-state index in [1.165, 1.54) is 25.1 Å². The maximum atomic E-state index is 11.7. The molecule has 6 heteroatoms. The van der Waals surface area contributed by atoms with Gasteiger partial charge in [-0.2, -0.15) is 0 Å². The van der Waals surface area contributed by atoms with Crippen LogP contribution < -0.4 is 0 Å². The van der Waals surface area contributed by atoms with Gasteiger partial charge in [-0.1, -0.05) is 23.2 Å². The summed E-state index contributed by atoms with van der Waals surface area (Å²) in [5, 5.41) is 10.6. The van der Waals surface area contributed by atoms with E-state index in [1.54, 1.807) is 6.92 Å². The third kappa shape index (κ3) is 3.72. The van der Waals surface area contributed by atoms with E-state index < -0.39 is 11.8 Å². The zero-order chi connectivity index (χ0) is 14.6. The second-order valence-electron chi connectivity index (χ2n) is 3.65. The predicted molar refractivity (Wildman–Crippen MR) is 73.3 cm³/mol. The molecule has 4 nitrogen and oxygen atoms in total. The van der Waals surface area contributed by atoms with E-state index in [-0.39, 0.29) is 28.5 Å². The molecule has 0 aliphatic heterocycles. The molecule has 0 fully saturated rings. The molecule has 0 bridgehead atoms. The van der Waals surface area contributed by atoms with Gasteiger partial charge in [0.1, 0.15) is 5.76 Å². The number of ether oxygens (including phenoxy) is 1. The van der Waals surface area contributed by atoms with Gasteiger partial charge in [0.25, 0.3) is 5.78 Å². The highest BCUT2D eigenvalue weighted by Crippen LogP contribution is 2.27. The largest absolute Gasteiger partial charge is 0.507 e. The summed E-state index contributed by atoms with van der Waals surface area (Å²) in [7, 11) is 0. The first-order valence-corrected chi connectivity index (χ1v) is 6.20. The second-order valence-corrected chi connectivity index (χ2v) is 4.49. The normalized spacial score (nSPS) is 11.8. The molecule has 1 rings (SSSR count). The number of aliphatic hydroxyl groups excluding tert-OH is 1. The first kappa shape index (κ1) is 15.5. The van der Waals surface area contributed by atoms with Crippen molar-refractivity contribution in [3.63, 3.8) is 0 Å². The molecule has 0 atom stereocenters. The van der Waals surface area contributed by atoms with Crippen molar-refractivity contribution >= 4 is 40.7 Å². The molecule has 0 saturated heterocycles. The average molecular weight is 303 g/mol. The number of esters is 1. The van der Waals surface area contributed by atoms with Gasteiger partial charge >= 0.3 is 5.97 Å². The fourth-order valence-corrected chi connectivity index (χ4v) is 1.84. The lowest BCUT2D eigenvalue weighted by atomic mass is 10.1. The molecule has 1 aromatic rings. The van der Waals surface area contributed by atoms with E-state index in [0.29, 0.717) is 5.02 Å². The van der Waals surface area contributed by atoms with Crippen molar-refractivity contribution in [3.05, 3.63) is 39.4 Å². The molecule has 0 saturated carbocycles. The molecule has 102 valence electrons. The number of halogens is 2. The van der Waals surface area contributed by atoms with Gasteiger partial charge in [0.15, 0.2) is 0 Å². The fourth-order valence-electron chi connectivity index (χ4n) is 1.34. The lowest BCUT2D eigenvalue weighted by Gasteiger charge is -2.07. The maximum Gasteiger partial charge on any atom is 0.379 e. The van der Waals surface area contributed by atoms with Crippen molar-refractivity contribution in [1.29, 1.82) is 0 Å².